The highest BCUT2D eigenvalue weighted by atomic mass is 35.5. The van der Waals surface area contributed by atoms with Gasteiger partial charge in [0.05, 0.1) is 29.8 Å². The second-order valence-corrected chi connectivity index (χ2v) is 15.8. The van der Waals surface area contributed by atoms with E-state index in [1.54, 1.807) is 24.1 Å². The Kier molecular flexibility index (Phi) is 11.4. The molecule has 6 rings (SSSR count). The van der Waals surface area contributed by atoms with E-state index in [1.807, 2.05) is 31.2 Å². The Bertz CT molecular complexity index is 1820. The lowest BCUT2D eigenvalue weighted by atomic mass is 9.70. The predicted octanol–water partition coefficient (Wildman–Crippen LogP) is 6.69. The van der Waals surface area contributed by atoms with Gasteiger partial charge in [-0.3, -0.25) is 19.0 Å². The van der Waals surface area contributed by atoms with E-state index in [4.69, 9.17) is 21.1 Å². The summed E-state index contributed by atoms with van der Waals surface area (Å²) in [4.78, 5) is 29.2. The number of allylic oxidation sites excluding steroid dienone is 1. The van der Waals surface area contributed by atoms with Crippen molar-refractivity contribution in [2.75, 3.05) is 30.9 Å². The molecule has 1 aliphatic carbocycles. The average molecular weight is 708 g/mol. The van der Waals surface area contributed by atoms with Gasteiger partial charge in [-0.2, -0.15) is 5.10 Å². The monoisotopic (exact) mass is 707 g/mol. The molecule has 4 atom stereocenters. The SMILES string of the molecule is CO[C@H]1/C=C/CCCS(=O)(NC(=O)CCn2ccc(C)n2)=NC(=O)c2ccc3c(c2)N(Cc2ccc(Cl)cc2CCCCO3)C[C@@H]2CC[C@H]21. The number of fused-ring (bicyclic) bond motifs is 3. The van der Waals surface area contributed by atoms with Crippen molar-refractivity contribution in [3.63, 3.8) is 0 Å². The zero-order valence-electron chi connectivity index (χ0n) is 28.3. The van der Waals surface area contributed by atoms with Crippen LogP contribution in [0.2, 0.25) is 5.02 Å². The molecule has 2 aromatic carbocycles. The molecule has 1 saturated carbocycles. The smallest absolute Gasteiger partial charge is 0.286 e. The number of benzene rings is 2. The third kappa shape index (κ3) is 8.93. The fraction of sp³-hybridized carbons (Fsp3) is 0.486. The van der Waals surface area contributed by atoms with Gasteiger partial charge in [0.25, 0.3) is 5.91 Å². The molecule has 1 N–H and O–H groups in total. The Balaban J connectivity index is 1.37. The summed E-state index contributed by atoms with van der Waals surface area (Å²) in [6.07, 6.45) is 11.9. The number of aromatic nitrogens is 2. The van der Waals surface area contributed by atoms with E-state index < -0.39 is 21.7 Å². The van der Waals surface area contributed by atoms with Crippen molar-refractivity contribution in [3.8, 4) is 5.75 Å². The lowest BCUT2D eigenvalue weighted by molar-refractivity contribution is -0.119. The van der Waals surface area contributed by atoms with Gasteiger partial charge in [-0.1, -0.05) is 29.8 Å². The molecular weight excluding hydrogens is 662 g/mol. The normalized spacial score (nSPS) is 25.3. The Morgan fingerprint density at radius 2 is 2.00 bits per heavy atom. The predicted molar refractivity (Wildman–Crippen MR) is 192 cm³/mol. The lowest BCUT2D eigenvalue weighted by Crippen LogP contribution is -2.43. The van der Waals surface area contributed by atoms with Gasteiger partial charge in [0.1, 0.15) is 15.7 Å². The number of hydrogen-bond acceptors (Lipinski definition) is 7. The van der Waals surface area contributed by atoms with Crippen LogP contribution in [0.3, 0.4) is 0 Å². The minimum Gasteiger partial charge on any atom is -0.491 e. The van der Waals surface area contributed by atoms with Gasteiger partial charge >= 0.3 is 0 Å². The number of carbonyl (C=O) groups is 2. The molecule has 12 heteroatoms. The van der Waals surface area contributed by atoms with Crippen molar-refractivity contribution in [1.29, 1.82) is 0 Å². The largest absolute Gasteiger partial charge is 0.491 e. The number of rotatable bonds is 5. The molecule has 1 unspecified atom stereocenters. The number of nitrogens with zero attached hydrogens (tertiary/aromatic N) is 4. The number of carbonyl (C=O) groups excluding carboxylic acids is 2. The second kappa shape index (κ2) is 15.9. The second-order valence-electron chi connectivity index (χ2n) is 13.3. The summed E-state index contributed by atoms with van der Waals surface area (Å²) < 4.78 is 35.1. The topological polar surface area (TPSA) is 115 Å². The standard InChI is InChI=1S/C37H46ClN5O5S/c1-26-16-18-43(39-26)19-17-36(44)40-49(46)21-7-3-4-9-34(47-2)32-14-11-30(32)25-42-24-29-10-13-31(38)22-27(29)8-5-6-20-48-35-15-12-28(23-33(35)42)37(45)41-49/h4,9-10,12-13,15-16,18,22-23,30,32,34H,3,5-8,11,14,17,19-21,24-25H2,1-2H3,(H,40,41,44,45,46)/b9-4+/t30-,32+,34-,49?/m0/s1. The number of aryl methyl sites for hydroxylation is 3. The summed E-state index contributed by atoms with van der Waals surface area (Å²) in [5.41, 5.74) is 4.32. The summed E-state index contributed by atoms with van der Waals surface area (Å²) in [6, 6.07) is 13.3. The van der Waals surface area contributed by atoms with E-state index in [1.165, 1.54) is 11.1 Å². The number of hydrogen-bond donors (Lipinski definition) is 1. The maximum Gasteiger partial charge on any atom is 0.286 e. The Morgan fingerprint density at radius 3 is 2.78 bits per heavy atom. The molecule has 2 aliphatic heterocycles. The zero-order valence-corrected chi connectivity index (χ0v) is 29.9. The van der Waals surface area contributed by atoms with Gasteiger partial charge in [-0.15, -0.1) is 4.36 Å². The molecule has 10 nitrogen and oxygen atoms in total. The van der Waals surface area contributed by atoms with Crippen LogP contribution < -0.4 is 14.4 Å². The fourth-order valence-electron chi connectivity index (χ4n) is 6.95. The van der Waals surface area contributed by atoms with Crippen LogP contribution in [-0.4, -0.2) is 57.9 Å². The molecule has 0 radical (unpaired) electrons. The lowest BCUT2D eigenvalue weighted by Gasteiger charge is -2.43. The Morgan fingerprint density at radius 1 is 1.12 bits per heavy atom. The molecule has 3 heterocycles. The molecule has 0 saturated heterocycles. The zero-order chi connectivity index (χ0) is 34.4. The molecule has 49 heavy (non-hydrogen) atoms. The van der Waals surface area contributed by atoms with Crippen molar-refractivity contribution in [3.05, 3.63) is 88.2 Å². The van der Waals surface area contributed by atoms with Crippen LogP contribution in [0, 0.1) is 18.8 Å². The summed E-state index contributed by atoms with van der Waals surface area (Å²) in [6.45, 7) is 4.08. The summed E-state index contributed by atoms with van der Waals surface area (Å²) in [5, 5.41) is 5.04. The van der Waals surface area contributed by atoms with Crippen molar-refractivity contribution in [1.82, 2.24) is 14.5 Å². The van der Waals surface area contributed by atoms with Crippen molar-refractivity contribution >= 4 is 39.0 Å². The first-order valence-electron chi connectivity index (χ1n) is 17.3. The first kappa shape index (κ1) is 35.2. The van der Waals surface area contributed by atoms with Gasteiger partial charge in [-0.05, 0) is 111 Å². The minimum absolute atomic E-state index is 0.0406. The highest BCUT2D eigenvalue weighted by molar-refractivity contribution is 7.92. The number of ether oxygens (including phenoxy) is 2. The average Bonchev–Trinajstić information content (AvgIpc) is 3.48. The quantitative estimate of drug-likeness (QED) is 0.294. The van der Waals surface area contributed by atoms with Crippen LogP contribution >= 0.6 is 11.6 Å². The summed E-state index contributed by atoms with van der Waals surface area (Å²) >= 11 is 6.45. The number of halogens is 1. The number of anilines is 1. The molecule has 3 aromatic rings. The van der Waals surface area contributed by atoms with Crippen LogP contribution in [0.5, 0.6) is 5.75 Å². The van der Waals surface area contributed by atoms with Crippen molar-refractivity contribution in [2.24, 2.45) is 16.2 Å². The molecule has 262 valence electrons. The Hall–Kier alpha value is -3.67. The van der Waals surface area contributed by atoms with E-state index in [0.29, 0.717) is 60.7 Å². The molecular formula is C37H46ClN5O5S. The van der Waals surface area contributed by atoms with Crippen LogP contribution in [0.25, 0.3) is 0 Å². The third-order valence-corrected chi connectivity index (χ3v) is 11.8. The van der Waals surface area contributed by atoms with Crippen molar-refractivity contribution in [2.45, 2.75) is 77.5 Å². The number of amides is 2. The van der Waals surface area contributed by atoms with Gasteiger partial charge in [-0.25, -0.2) is 4.21 Å². The molecule has 1 fully saturated rings. The molecule has 0 spiro atoms. The van der Waals surface area contributed by atoms with E-state index >= 15 is 0 Å². The van der Waals surface area contributed by atoms with Gasteiger partial charge in [0, 0.05) is 49.9 Å². The van der Waals surface area contributed by atoms with Crippen LogP contribution in [0.15, 0.2) is 65.2 Å². The van der Waals surface area contributed by atoms with Crippen LogP contribution in [0.1, 0.15) is 72.1 Å². The van der Waals surface area contributed by atoms with E-state index in [0.717, 1.165) is 50.0 Å². The first-order valence-corrected chi connectivity index (χ1v) is 19.3. The molecule has 2 bridgehead atoms. The number of nitrogens with one attached hydrogen (secondary N) is 1. The highest BCUT2D eigenvalue weighted by Crippen LogP contribution is 2.42. The molecule has 1 aromatic heterocycles. The van der Waals surface area contributed by atoms with Gasteiger partial charge in [0.15, 0.2) is 0 Å². The minimum atomic E-state index is -3.42. The van der Waals surface area contributed by atoms with E-state index in [2.05, 4.69) is 43.4 Å². The third-order valence-electron chi connectivity index (χ3n) is 9.76. The summed E-state index contributed by atoms with van der Waals surface area (Å²) in [7, 11) is -1.67. The van der Waals surface area contributed by atoms with Crippen LogP contribution in [-0.2, 0) is 39.0 Å². The fourth-order valence-corrected chi connectivity index (χ4v) is 8.78. The first-order chi connectivity index (χ1) is 23.7. The van der Waals surface area contributed by atoms with Crippen LogP contribution in [0.4, 0.5) is 5.69 Å². The highest BCUT2D eigenvalue weighted by Gasteiger charge is 2.38. The maximum absolute atomic E-state index is 14.2. The van der Waals surface area contributed by atoms with Crippen molar-refractivity contribution < 1.29 is 23.3 Å². The van der Waals surface area contributed by atoms with E-state index in [9.17, 15) is 13.8 Å². The Labute approximate surface area is 294 Å². The van der Waals surface area contributed by atoms with Gasteiger partial charge in [0.2, 0.25) is 5.91 Å². The maximum atomic E-state index is 14.2. The molecule has 2 amide bonds. The number of methoxy groups -OCH3 is 1. The molecule has 3 aliphatic rings. The van der Waals surface area contributed by atoms with Gasteiger partial charge < -0.3 is 14.4 Å². The van der Waals surface area contributed by atoms with E-state index in [-0.39, 0.29) is 18.3 Å². The summed E-state index contributed by atoms with van der Waals surface area (Å²) in [5.74, 6) is 0.356.